The number of aromatic hydroxyl groups is 1. The van der Waals surface area contributed by atoms with Gasteiger partial charge >= 0.3 is 5.97 Å². The number of phenols is 1. The van der Waals surface area contributed by atoms with Crippen LogP contribution in [0.25, 0.3) is 0 Å². The maximum Gasteiger partial charge on any atom is 0.302 e. The standard InChI is InChI=1S/C38H55N5O7/c1-24(45)37(22-42-36(39)40-3)10-7-27-14-26-6-4-5-12-41-23-38(19-26)20-31(9-13-43-38)50-35-17-28(29(21-44)16-33(35)48)15-32(27)34(49-25(2)46)18-30(47)8-11-37/h16-17,24,26-27,30-32,34,41,43-45,47-48H,5,8-9,11-15,18-23H2,1-3H3,(H3,39,40,42)/t24-,26-,27-,30-,31-,32-,34-,37+,38+/m0/s1. The van der Waals surface area contributed by atoms with Crippen LogP contribution in [0, 0.1) is 46.9 Å². The third kappa shape index (κ3) is 9.22. The van der Waals surface area contributed by atoms with Gasteiger partial charge in [0.1, 0.15) is 12.2 Å². The van der Waals surface area contributed by atoms with Gasteiger partial charge in [-0.2, -0.15) is 0 Å². The average molecular weight is 694 g/mol. The molecule has 0 unspecified atom stereocenters. The van der Waals surface area contributed by atoms with E-state index in [2.05, 4.69) is 44.6 Å². The first-order valence-electron chi connectivity index (χ1n) is 18.0. The number of nitrogens with two attached hydrogens (primary N) is 1. The minimum atomic E-state index is -0.973. The van der Waals surface area contributed by atoms with Crippen molar-refractivity contribution in [1.82, 2.24) is 16.0 Å². The molecule has 3 heterocycles. The first-order chi connectivity index (χ1) is 23.9. The maximum absolute atomic E-state index is 12.7. The number of carbonyl (C=O) groups is 1. The van der Waals surface area contributed by atoms with Gasteiger partial charge < -0.3 is 51.6 Å². The molecule has 4 aliphatic rings. The Morgan fingerprint density at radius 1 is 1.24 bits per heavy atom. The van der Waals surface area contributed by atoms with Gasteiger partial charge in [0.25, 0.3) is 0 Å². The number of nitrogens with one attached hydrogen (secondary N) is 3. The highest BCUT2D eigenvalue weighted by Crippen LogP contribution is 2.41. The zero-order valence-electron chi connectivity index (χ0n) is 29.6. The van der Waals surface area contributed by atoms with E-state index >= 15 is 0 Å². The molecule has 1 aromatic carbocycles. The molecule has 0 aromatic heterocycles. The predicted molar refractivity (Wildman–Crippen MR) is 190 cm³/mol. The van der Waals surface area contributed by atoms with E-state index in [9.17, 15) is 25.2 Å². The lowest BCUT2D eigenvalue weighted by Crippen LogP contribution is -2.59. The third-order valence-corrected chi connectivity index (χ3v) is 11.0. The summed E-state index contributed by atoms with van der Waals surface area (Å²) in [5.74, 6) is 13.2. The lowest BCUT2D eigenvalue weighted by atomic mass is 9.70. The number of ether oxygens (including phenoxy) is 2. The summed E-state index contributed by atoms with van der Waals surface area (Å²) in [5.41, 5.74) is 5.98. The van der Waals surface area contributed by atoms with Crippen LogP contribution >= 0.6 is 0 Å². The van der Waals surface area contributed by atoms with Gasteiger partial charge in [0, 0.05) is 76.2 Å². The van der Waals surface area contributed by atoms with Crippen molar-refractivity contribution >= 4 is 11.9 Å². The van der Waals surface area contributed by atoms with E-state index in [-0.39, 0.29) is 48.8 Å². The van der Waals surface area contributed by atoms with E-state index < -0.39 is 41.5 Å². The number of aliphatic imine (C=N–C) groups is 1. The van der Waals surface area contributed by atoms with E-state index in [1.807, 2.05) is 0 Å². The van der Waals surface area contributed by atoms with Gasteiger partial charge in [-0.1, -0.05) is 17.8 Å². The molecule has 274 valence electrons. The van der Waals surface area contributed by atoms with Crippen molar-refractivity contribution in [2.75, 3.05) is 33.2 Å². The number of rotatable bonds is 5. The summed E-state index contributed by atoms with van der Waals surface area (Å²) in [6.07, 6.45) is 1.97. The Bertz CT molecular complexity index is 1510. The number of hydrogen-bond acceptors (Lipinski definition) is 10. The molecule has 12 nitrogen and oxygen atoms in total. The average Bonchev–Trinajstić information content (AvgIpc) is 3.16. The third-order valence-electron chi connectivity index (χ3n) is 11.0. The number of esters is 1. The van der Waals surface area contributed by atoms with E-state index in [1.165, 1.54) is 6.92 Å². The Hall–Kier alpha value is -3.52. The lowest BCUT2D eigenvalue weighted by molar-refractivity contribution is -0.152. The molecule has 50 heavy (non-hydrogen) atoms. The van der Waals surface area contributed by atoms with Gasteiger partial charge in [-0.15, -0.1) is 5.92 Å². The Kier molecular flexibility index (Phi) is 12.6. The van der Waals surface area contributed by atoms with Crippen LogP contribution in [0.1, 0.15) is 76.3 Å². The van der Waals surface area contributed by atoms with Gasteiger partial charge in [-0.3, -0.25) is 9.79 Å². The van der Waals surface area contributed by atoms with Crippen LogP contribution in [0.5, 0.6) is 11.5 Å². The summed E-state index contributed by atoms with van der Waals surface area (Å²) in [6, 6.07) is 3.34. The summed E-state index contributed by atoms with van der Waals surface area (Å²) in [5, 5.41) is 54.8. The molecule has 5 rings (SSSR count). The van der Waals surface area contributed by atoms with Crippen molar-refractivity contribution < 1.29 is 34.7 Å². The van der Waals surface area contributed by atoms with Crippen molar-refractivity contribution in [3.63, 3.8) is 0 Å². The summed E-state index contributed by atoms with van der Waals surface area (Å²) in [6.45, 7) is 5.18. The zero-order valence-corrected chi connectivity index (χ0v) is 29.6. The lowest BCUT2D eigenvalue weighted by Gasteiger charge is -2.43. The van der Waals surface area contributed by atoms with Gasteiger partial charge in [0.15, 0.2) is 17.5 Å². The molecule has 0 amide bonds. The van der Waals surface area contributed by atoms with Crippen molar-refractivity contribution in [2.45, 2.75) is 108 Å². The predicted octanol–water partition coefficient (Wildman–Crippen LogP) is 1.32. The summed E-state index contributed by atoms with van der Waals surface area (Å²) >= 11 is 0. The molecular formula is C38H55N5O7. The highest BCUT2D eigenvalue weighted by atomic mass is 16.5. The summed E-state index contributed by atoms with van der Waals surface area (Å²) in [7, 11) is 1.58. The second-order valence-electron chi connectivity index (χ2n) is 14.7. The van der Waals surface area contributed by atoms with Crippen LogP contribution in [0.3, 0.4) is 0 Å². The molecule has 1 spiro atoms. The van der Waals surface area contributed by atoms with Crippen LogP contribution in [0.15, 0.2) is 17.1 Å². The second-order valence-corrected chi connectivity index (χ2v) is 14.7. The summed E-state index contributed by atoms with van der Waals surface area (Å²) in [4.78, 5) is 16.7. The Morgan fingerprint density at radius 2 is 2.06 bits per heavy atom. The van der Waals surface area contributed by atoms with Crippen LogP contribution < -0.4 is 26.4 Å². The van der Waals surface area contributed by atoms with Crippen LogP contribution in [0.2, 0.25) is 0 Å². The van der Waals surface area contributed by atoms with Gasteiger partial charge in [0.2, 0.25) is 0 Å². The normalized spacial score (nSPS) is 33.8. The molecule has 1 saturated heterocycles. The number of nitrogens with zero attached hydrogens (tertiary/aromatic N) is 1. The topological polar surface area (TPSA) is 191 Å². The molecule has 9 N–H and O–H groups in total. The van der Waals surface area contributed by atoms with Crippen molar-refractivity contribution in [3.05, 3.63) is 23.3 Å². The Morgan fingerprint density at radius 3 is 2.80 bits per heavy atom. The molecule has 12 heteroatoms. The number of piperidine rings is 1. The van der Waals surface area contributed by atoms with E-state index in [4.69, 9.17) is 15.2 Å². The van der Waals surface area contributed by atoms with E-state index in [1.54, 1.807) is 26.1 Å². The quantitative estimate of drug-likeness (QED) is 0.0961. The van der Waals surface area contributed by atoms with Crippen LogP contribution in [-0.2, 0) is 22.6 Å². The fourth-order valence-corrected chi connectivity index (χ4v) is 8.18. The zero-order chi connectivity index (χ0) is 35.9. The van der Waals surface area contributed by atoms with Crippen LogP contribution in [0.4, 0.5) is 0 Å². The van der Waals surface area contributed by atoms with E-state index in [0.717, 1.165) is 31.5 Å². The smallest absolute Gasteiger partial charge is 0.302 e. The minimum absolute atomic E-state index is 0.0463. The number of carbonyl (C=O) groups excluding carboxylic acids is 1. The molecule has 9 atom stereocenters. The molecule has 5 bridgehead atoms. The second kappa shape index (κ2) is 16.7. The number of guanidine groups is 1. The number of aliphatic hydroxyl groups is 3. The maximum atomic E-state index is 12.7. The minimum Gasteiger partial charge on any atom is -0.504 e. The number of phenolic OH excluding ortho intramolecular Hbond substituents is 1. The fraction of sp³-hybridized carbons (Fsp3) is 0.684. The molecule has 1 fully saturated rings. The van der Waals surface area contributed by atoms with Crippen molar-refractivity contribution in [2.24, 2.45) is 33.9 Å². The Labute approximate surface area is 296 Å². The monoisotopic (exact) mass is 693 g/mol. The molecule has 0 saturated carbocycles. The molecule has 3 aliphatic heterocycles. The highest BCUT2D eigenvalue weighted by molar-refractivity contribution is 5.77. The van der Waals surface area contributed by atoms with Gasteiger partial charge in [0.05, 0.1) is 24.2 Å². The van der Waals surface area contributed by atoms with Crippen molar-refractivity contribution in [1.29, 1.82) is 0 Å². The fourth-order valence-electron chi connectivity index (χ4n) is 8.18. The largest absolute Gasteiger partial charge is 0.504 e. The number of fused-ring (bicyclic) bond motifs is 5. The van der Waals surface area contributed by atoms with Gasteiger partial charge in [-0.25, -0.2) is 0 Å². The Balaban J connectivity index is 1.72. The number of benzene rings is 1. The van der Waals surface area contributed by atoms with E-state index in [0.29, 0.717) is 56.4 Å². The van der Waals surface area contributed by atoms with Crippen molar-refractivity contribution in [3.8, 4) is 35.2 Å². The van der Waals surface area contributed by atoms with Gasteiger partial charge in [-0.05, 0) is 75.3 Å². The first-order valence-corrected chi connectivity index (χ1v) is 18.0. The first kappa shape index (κ1) is 37.7. The molecular weight excluding hydrogens is 638 g/mol. The number of hydrogen-bond donors (Lipinski definition) is 8. The SMILES string of the molecule is CN=C(N)NC[C@@]1([C@H](C)O)C#C[C@H]2C[C@@H]3C#CCCNC[C@@]4(C3)C[C@H](CCN4)Oc3cc(c(CO)cc3O)C[C@@H]2[C@@H](OC(C)=O)C[C@@H](O)CC1. The molecule has 1 aliphatic carbocycles. The number of aliphatic hydroxyl groups excluding tert-OH is 3. The molecule has 0 radical (unpaired) electrons. The highest BCUT2D eigenvalue weighted by Gasteiger charge is 2.43. The van der Waals surface area contributed by atoms with Crippen LogP contribution in [-0.4, -0.2) is 95.5 Å². The molecule has 1 aromatic rings. The summed E-state index contributed by atoms with van der Waals surface area (Å²) < 4.78 is 12.6.